The lowest BCUT2D eigenvalue weighted by atomic mass is 9.79. The first-order valence-corrected chi connectivity index (χ1v) is 7.98. The van der Waals surface area contributed by atoms with Gasteiger partial charge in [0.2, 0.25) is 0 Å². The van der Waals surface area contributed by atoms with Crippen molar-refractivity contribution < 1.29 is 9.47 Å². The van der Waals surface area contributed by atoms with E-state index >= 15 is 0 Å². The van der Waals surface area contributed by atoms with Crippen molar-refractivity contribution in [2.45, 2.75) is 37.9 Å². The van der Waals surface area contributed by atoms with E-state index in [2.05, 4.69) is 55.5 Å². The fourth-order valence-corrected chi connectivity index (χ4v) is 3.15. The molecule has 1 atom stereocenters. The molecule has 0 amide bonds. The summed E-state index contributed by atoms with van der Waals surface area (Å²) in [5, 5.41) is 0. The Hall–Kier alpha value is -1.64. The van der Waals surface area contributed by atoms with Gasteiger partial charge in [0.15, 0.2) is 0 Å². The summed E-state index contributed by atoms with van der Waals surface area (Å²) < 4.78 is 12.0. The normalized spacial score (nSPS) is 13.0. The van der Waals surface area contributed by atoms with E-state index in [-0.39, 0.29) is 6.10 Å². The highest BCUT2D eigenvalue weighted by molar-refractivity contribution is 5.38. The molecule has 0 aliphatic heterocycles. The number of benzene rings is 2. The first kappa shape index (κ1) is 16.7. The molecule has 2 heteroatoms. The van der Waals surface area contributed by atoms with Gasteiger partial charge in [-0.15, -0.1) is 0 Å². The summed E-state index contributed by atoms with van der Waals surface area (Å²) in [6.45, 7) is 2.20. The third kappa shape index (κ3) is 3.23. The van der Waals surface area contributed by atoms with Crippen molar-refractivity contribution in [3.05, 3.63) is 71.8 Å². The van der Waals surface area contributed by atoms with Crippen LogP contribution in [-0.2, 0) is 15.1 Å². The number of hydrogen-bond donors (Lipinski definition) is 0. The quantitative estimate of drug-likeness (QED) is 0.698. The third-order valence-corrected chi connectivity index (χ3v) is 4.29. The van der Waals surface area contributed by atoms with E-state index in [1.165, 1.54) is 0 Å². The first-order valence-electron chi connectivity index (χ1n) is 7.98. The molecule has 1 unspecified atom stereocenters. The van der Waals surface area contributed by atoms with Gasteiger partial charge in [0, 0.05) is 14.2 Å². The van der Waals surface area contributed by atoms with Crippen LogP contribution in [0.4, 0.5) is 0 Å². The van der Waals surface area contributed by atoms with Crippen molar-refractivity contribution >= 4 is 0 Å². The predicted octanol–water partition coefficient (Wildman–Crippen LogP) is 4.78. The van der Waals surface area contributed by atoms with E-state index in [0.717, 1.165) is 30.4 Å². The van der Waals surface area contributed by atoms with Gasteiger partial charge in [0.25, 0.3) is 0 Å². The zero-order chi connectivity index (χ0) is 15.8. The maximum absolute atomic E-state index is 6.14. The van der Waals surface area contributed by atoms with E-state index in [9.17, 15) is 0 Å². The van der Waals surface area contributed by atoms with Crippen LogP contribution in [-0.4, -0.2) is 20.3 Å². The van der Waals surface area contributed by atoms with Gasteiger partial charge in [-0.25, -0.2) is 0 Å². The van der Waals surface area contributed by atoms with Crippen LogP contribution in [0.5, 0.6) is 0 Å². The Bertz CT molecular complexity index is 497. The Labute approximate surface area is 134 Å². The Morgan fingerprint density at radius 3 is 1.73 bits per heavy atom. The molecule has 0 spiro atoms. The smallest absolute Gasteiger partial charge is 0.144 e. The maximum atomic E-state index is 6.14. The highest BCUT2D eigenvalue weighted by Gasteiger charge is 2.42. The minimum absolute atomic E-state index is 0.0257. The van der Waals surface area contributed by atoms with Crippen molar-refractivity contribution in [1.82, 2.24) is 0 Å². The van der Waals surface area contributed by atoms with Crippen LogP contribution in [0, 0.1) is 0 Å². The van der Waals surface area contributed by atoms with Crippen LogP contribution in [0.2, 0.25) is 0 Å². The summed E-state index contributed by atoms with van der Waals surface area (Å²) in [6, 6.07) is 20.8. The van der Waals surface area contributed by atoms with E-state index in [1.54, 1.807) is 14.2 Å². The van der Waals surface area contributed by atoms with E-state index < -0.39 is 5.60 Å². The van der Waals surface area contributed by atoms with Gasteiger partial charge in [-0.3, -0.25) is 0 Å². The topological polar surface area (TPSA) is 18.5 Å². The molecule has 2 aromatic carbocycles. The summed E-state index contributed by atoms with van der Waals surface area (Å²) in [4.78, 5) is 0. The number of rotatable bonds is 8. The summed E-state index contributed by atoms with van der Waals surface area (Å²) in [5.41, 5.74) is 1.69. The van der Waals surface area contributed by atoms with Crippen molar-refractivity contribution in [2.75, 3.05) is 14.2 Å². The highest BCUT2D eigenvalue weighted by atomic mass is 16.5. The highest BCUT2D eigenvalue weighted by Crippen LogP contribution is 2.39. The molecule has 0 saturated carbocycles. The van der Waals surface area contributed by atoms with Crippen molar-refractivity contribution in [3.63, 3.8) is 0 Å². The molecule has 22 heavy (non-hydrogen) atoms. The van der Waals surface area contributed by atoms with Crippen LogP contribution in [0.3, 0.4) is 0 Å². The van der Waals surface area contributed by atoms with Gasteiger partial charge >= 0.3 is 0 Å². The second-order valence-corrected chi connectivity index (χ2v) is 5.54. The number of hydrogen-bond acceptors (Lipinski definition) is 2. The van der Waals surface area contributed by atoms with Crippen LogP contribution in [0.1, 0.15) is 37.3 Å². The Balaban J connectivity index is 2.56. The fraction of sp³-hybridized carbons (Fsp3) is 0.400. The fourth-order valence-electron chi connectivity index (χ4n) is 3.15. The molecular weight excluding hydrogens is 272 g/mol. The van der Waals surface area contributed by atoms with Crippen LogP contribution in [0.25, 0.3) is 0 Å². The molecule has 2 aromatic rings. The zero-order valence-corrected chi connectivity index (χ0v) is 13.8. The lowest BCUT2D eigenvalue weighted by Crippen LogP contribution is -2.43. The average molecular weight is 298 g/mol. The molecule has 0 aliphatic carbocycles. The molecule has 118 valence electrons. The monoisotopic (exact) mass is 298 g/mol. The van der Waals surface area contributed by atoms with E-state index in [0.29, 0.717) is 0 Å². The molecule has 0 fully saturated rings. The SMILES string of the molecule is CCCCC(OC)C(OC)(c1ccccc1)c1ccccc1. The molecular formula is C20H26O2. The zero-order valence-electron chi connectivity index (χ0n) is 13.8. The predicted molar refractivity (Wildman–Crippen MR) is 91.0 cm³/mol. The van der Waals surface area contributed by atoms with Gasteiger partial charge in [-0.2, -0.15) is 0 Å². The van der Waals surface area contributed by atoms with Gasteiger partial charge in [-0.05, 0) is 17.5 Å². The summed E-state index contributed by atoms with van der Waals surface area (Å²) in [5.74, 6) is 0. The molecule has 0 bridgehead atoms. The maximum Gasteiger partial charge on any atom is 0.144 e. The van der Waals surface area contributed by atoms with E-state index in [1.807, 2.05) is 12.1 Å². The van der Waals surface area contributed by atoms with E-state index in [4.69, 9.17) is 9.47 Å². The molecule has 0 radical (unpaired) electrons. The molecule has 0 heterocycles. The van der Waals surface area contributed by atoms with Crippen molar-refractivity contribution in [1.29, 1.82) is 0 Å². The first-order chi connectivity index (χ1) is 10.8. The largest absolute Gasteiger partial charge is 0.378 e. The minimum Gasteiger partial charge on any atom is -0.378 e. The number of ether oxygens (including phenoxy) is 2. The Morgan fingerprint density at radius 2 is 1.36 bits per heavy atom. The van der Waals surface area contributed by atoms with Gasteiger partial charge in [-0.1, -0.05) is 80.4 Å². The molecule has 2 nitrogen and oxygen atoms in total. The average Bonchev–Trinajstić information content (AvgIpc) is 2.60. The Kier molecular flexibility index (Phi) is 6.17. The van der Waals surface area contributed by atoms with Crippen LogP contribution < -0.4 is 0 Å². The lowest BCUT2D eigenvalue weighted by Gasteiger charge is -2.40. The molecule has 2 rings (SSSR count). The molecule has 0 aromatic heterocycles. The Morgan fingerprint density at radius 1 is 0.864 bits per heavy atom. The lowest BCUT2D eigenvalue weighted by molar-refractivity contribution is -0.100. The molecule has 0 N–H and O–H groups in total. The summed E-state index contributed by atoms with van der Waals surface area (Å²) in [7, 11) is 3.55. The van der Waals surface area contributed by atoms with Crippen molar-refractivity contribution in [2.24, 2.45) is 0 Å². The van der Waals surface area contributed by atoms with Gasteiger partial charge in [0.1, 0.15) is 5.60 Å². The molecule has 0 aliphatic rings. The van der Waals surface area contributed by atoms with Crippen LogP contribution >= 0.6 is 0 Å². The summed E-state index contributed by atoms with van der Waals surface area (Å²) in [6.07, 6.45) is 3.19. The van der Waals surface area contributed by atoms with Gasteiger partial charge < -0.3 is 9.47 Å². The van der Waals surface area contributed by atoms with Gasteiger partial charge in [0.05, 0.1) is 6.10 Å². The summed E-state index contributed by atoms with van der Waals surface area (Å²) >= 11 is 0. The van der Waals surface area contributed by atoms with Crippen molar-refractivity contribution in [3.8, 4) is 0 Å². The number of methoxy groups -OCH3 is 2. The minimum atomic E-state index is -0.577. The molecule has 0 saturated heterocycles. The standard InChI is InChI=1S/C20H26O2/c1-4-5-16-19(21-2)20(22-3,17-12-8-6-9-13-17)18-14-10-7-11-15-18/h6-15,19H,4-5,16H2,1-3H3. The van der Waals surface area contributed by atoms with Crippen LogP contribution in [0.15, 0.2) is 60.7 Å². The third-order valence-electron chi connectivity index (χ3n) is 4.29. The second kappa shape index (κ2) is 8.11. The second-order valence-electron chi connectivity index (χ2n) is 5.54. The number of unbranched alkanes of at least 4 members (excludes halogenated alkanes) is 1.